The van der Waals surface area contributed by atoms with Gasteiger partial charge in [-0.3, -0.25) is 4.79 Å². The molecular weight excluding hydrogens is 104 g/mol. The maximum absolute atomic E-state index is 10.3. The normalized spacial score (nSPS) is 9.88. The van der Waals surface area contributed by atoms with Crippen LogP contribution in [0.15, 0.2) is 5.10 Å². The molecule has 8 heavy (non-hydrogen) atoms. The molecule has 0 saturated carbocycles. The van der Waals surface area contributed by atoms with E-state index in [1.54, 1.807) is 20.2 Å². The number of hydrazone groups is 1. The largest absolute Gasteiger partial charge is 0.273 e. The van der Waals surface area contributed by atoms with E-state index >= 15 is 0 Å². The second-order valence-corrected chi connectivity index (χ2v) is 1.42. The van der Waals surface area contributed by atoms with Crippen molar-refractivity contribution in [2.24, 2.45) is 5.10 Å². The molecule has 46 valence electrons. The minimum atomic E-state index is -0.0527. The highest BCUT2D eigenvalue weighted by molar-refractivity contribution is 5.73. The zero-order chi connectivity index (χ0) is 6.57. The van der Waals surface area contributed by atoms with Crippen molar-refractivity contribution in [3.05, 3.63) is 0 Å². The Labute approximate surface area is 49.0 Å². The van der Waals surface area contributed by atoms with Crippen molar-refractivity contribution in [2.75, 3.05) is 7.05 Å². The summed E-state index contributed by atoms with van der Waals surface area (Å²) in [4.78, 5) is 10.3. The van der Waals surface area contributed by atoms with Crippen LogP contribution in [-0.2, 0) is 4.79 Å². The number of hydrogen-bond acceptors (Lipinski definition) is 2. The van der Waals surface area contributed by atoms with Gasteiger partial charge in [0.15, 0.2) is 0 Å². The number of carbonyl (C=O) groups excluding carboxylic acids is 1. The quantitative estimate of drug-likeness (QED) is 0.360. The number of hydrogen-bond donors (Lipinski definition) is 0. The molecule has 0 aromatic rings. The Morgan fingerprint density at radius 3 is 2.38 bits per heavy atom. The first-order valence-corrected chi connectivity index (χ1v) is 2.41. The van der Waals surface area contributed by atoms with Crippen molar-refractivity contribution in [1.82, 2.24) is 5.01 Å². The van der Waals surface area contributed by atoms with E-state index in [1.165, 1.54) is 11.9 Å². The molecule has 0 unspecified atom stereocenters. The third-order valence-electron chi connectivity index (χ3n) is 0.744. The maximum atomic E-state index is 10.3. The Morgan fingerprint density at radius 2 is 2.25 bits per heavy atom. The van der Waals surface area contributed by atoms with Crippen LogP contribution in [-0.4, -0.2) is 24.2 Å². The lowest BCUT2D eigenvalue weighted by atomic mass is 10.7. The van der Waals surface area contributed by atoms with Crippen LogP contribution < -0.4 is 0 Å². The van der Waals surface area contributed by atoms with E-state index in [0.29, 0.717) is 0 Å². The molecule has 3 nitrogen and oxygen atoms in total. The highest BCUT2D eigenvalue weighted by Crippen LogP contribution is 1.80. The number of nitrogens with zero attached hydrogens (tertiary/aromatic N) is 2. The summed E-state index contributed by atoms with van der Waals surface area (Å²) in [5.41, 5.74) is 0. The molecule has 0 aliphatic rings. The molecular formula is C5H10N2O. The van der Waals surface area contributed by atoms with Crippen LogP contribution in [0, 0.1) is 0 Å². The van der Waals surface area contributed by atoms with E-state index < -0.39 is 0 Å². The molecule has 1 amide bonds. The SMILES string of the molecule is C/C=N\N(C)C(C)=O. The Morgan fingerprint density at radius 1 is 1.75 bits per heavy atom. The molecule has 0 spiro atoms. The summed E-state index contributed by atoms with van der Waals surface area (Å²) in [7, 11) is 1.61. The first-order valence-electron chi connectivity index (χ1n) is 2.41. The van der Waals surface area contributed by atoms with E-state index in [0.717, 1.165) is 0 Å². The molecule has 3 heteroatoms. The van der Waals surface area contributed by atoms with Crippen LogP contribution in [0.25, 0.3) is 0 Å². The molecule has 0 aromatic carbocycles. The molecule has 0 aromatic heterocycles. The fraction of sp³-hybridized carbons (Fsp3) is 0.600. The molecule has 0 atom stereocenters. The zero-order valence-electron chi connectivity index (χ0n) is 5.38. The molecule has 0 aliphatic carbocycles. The van der Waals surface area contributed by atoms with Crippen LogP contribution in [0.3, 0.4) is 0 Å². The Hall–Kier alpha value is -0.860. The Balaban J connectivity index is 3.64. The molecule has 0 rings (SSSR count). The van der Waals surface area contributed by atoms with Crippen LogP contribution >= 0.6 is 0 Å². The lowest BCUT2D eigenvalue weighted by Crippen LogP contribution is -2.16. The molecule has 0 N–H and O–H groups in total. The minimum absolute atomic E-state index is 0.0527. The summed E-state index contributed by atoms with van der Waals surface area (Å²) in [6.45, 7) is 3.23. The van der Waals surface area contributed by atoms with Gasteiger partial charge in [-0.05, 0) is 6.92 Å². The summed E-state index contributed by atoms with van der Waals surface area (Å²) in [6.07, 6.45) is 1.57. The van der Waals surface area contributed by atoms with E-state index in [-0.39, 0.29) is 5.91 Å². The summed E-state index contributed by atoms with van der Waals surface area (Å²) in [5.74, 6) is -0.0527. The van der Waals surface area contributed by atoms with Gasteiger partial charge in [-0.25, -0.2) is 5.01 Å². The van der Waals surface area contributed by atoms with Crippen molar-refractivity contribution in [2.45, 2.75) is 13.8 Å². The summed E-state index contributed by atoms with van der Waals surface area (Å²) < 4.78 is 0. The topological polar surface area (TPSA) is 32.7 Å². The Bertz CT molecular complexity index is 109. The van der Waals surface area contributed by atoms with E-state index in [2.05, 4.69) is 5.10 Å². The Kier molecular flexibility index (Phi) is 2.84. The van der Waals surface area contributed by atoms with Gasteiger partial charge in [-0.1, -0.05) is 0 Å². The van der Waals surface area contributed by atoms with Gasteiger partial charge in [0.25, 0.3) is 0 Å². The molecule has 0 bridgehead atoms. The molecule has 0 radical (unpaired) electrons. The van der Waals surface area contributed by atoms with Gasteiger partial charge in [0.05, 0.1) is 0 Å². The summed E-state index contributed by atoms with van der Waals surface area (Å²) >= 11 is 0. The second kappa shape index (κ2) is 3.18. The van der Waals surface area contributed by atoms with Gasteiger partial charge in [-0.15, -0.1) is 0 Å². The average molecular weight is 114 g/mol. The van der Waals surface area contributed by atoms with Crippen LogP contribution in [0.2, 0.25) is 0 Å². The second-order valence-electron chi connectivity index (χ2n) is 1.42. The first kappa shape index (κ1) is 7.14. The van der Waals surface area contributed by atoms with Crippen LogP contribution in [0.5, 0.6) is 0 Å². The first-order chi connectivity index (χ1) is 3.68. The molecule has 0 heterocycles. The standard InChI is InChI=1S/C5H10N2O/c1-4-6-7(3)5(2)8/h4H,1-3H3/b6-4-. The van der Waals surface area contributed by atoms with E-state index in [9.17, 15) is 4.79 Å². The van der Waals surface area contributed by atoms with Gasteiger partial charge < -0.3 is 0 Å². The van der Waals surface area contributed by atoms with Gasteiger partial charge in [0, 0.05) is 20.2 Å². The minimum Gasteiger partial charge on any atom is -0.273 e. The van der Waals surface area contributed by atoms with E-state index in [4.69, 9.17) is 0 Å². The molecule has 0 saturated heterocycles. The smallest absolute Gasteiger partial charge is 0.239 e. The molecule has 0 fully saturated rings. The monoisotopic (exact) mass is 114 g/mol. The van der Waals surface area contributed by atoms with Crippen molar-refractivity contribution in [1.29, 1.82) is 0 Å². The average Bonchev–Trinajstić information content (AvgIpc) is 1.67. The zero-order valence-corrected chi connectivity index (χ0v) is 5.38. The lowest BCUT2D eigenvalue weighted by molar-refractivity contribution is -0.127. The third kappa shape index (κ3) is 2.34. The van der Waals surface area contributed by atoms with E-state index in [1.807, 2.05) is 0 Å². The fourth-order valence-corrected chi connectivity index (χ4v) is 0.255. The van der Waals surface area contributed by atoms with Gasteiger partial charge in [0.2, 0.25) is 5.91 Å². The van der Waals surface area contributed by atoms with Crippen molar-refractivity contribution >= 4 is 12.1 Å². The number of carbonyl (C=O) groups is 1. The van der Waals surface area contributed by atoms with Crippen molar-refractivity contribution in [3.63, 3.8) is 0 Å². The maximum Gasteiger partial charge on any atom is 0.239 e. The van der Waals surface area contributed by atoms with Crippen molar-refractivity contribution < 1.29 is 4.79 Å². The van der Waals surface area contributed by atoms with Crippen LogP contribution in [0.4, 0.5) is 0 Å². The van der Waals surface area contributed by atoms with Crippen molar-refractivity contribution in [3.8, 4) is 0 Å². The molecule has 0 aliphatic heterocycles. The van der Waals surface area contributed by atoms with Gasteiger partial charge in [0.1, 0.15) is 0 Å². The van der Waals surface area contributed by atoms with Gasteiger partial charge >= 0.3 is 0 Å². The number of rotatable bonds is 1. The fourth-order valence-electron chi connectivity index (χ4n) is 0.255. The number of amides is 1. The third-order valence-corrected chi connectivity index (χ3v) is 0.744. The summed E-state index contributed by atoms with van der Waals surface area (Å²) in [6, 6.07) is 0. The highest BCUT2D eigenvalue weighted by Gasteiger charge is 1.93. The van der Waals surface area contributed by atoms with Crippen LogP contribution in [0.1, 0.15) is 13.8 Å². The predicted molar refractivity (Wildman–Crippen MR) is 32.6 cm³/mol. The lowest BCUT2D eigenvalue weighted by Gasteiger charge is -2.04. The highest BCUT2D eigenvalue weighted by atomic mass is 16.2. The summed E-state index contributed by atoms with van der Waals surface area (Å²) in [5, 5.41) is 4.96. The van der Waals surface area contributed by atoms with Gasteiger partial charge in [-0.2, -0.15) is 5.10 Å². The predicted octanol–water partition coefficient (Wildman–Crippen LogP) is 0.470.